The van der Waals surface area contributed by atoms with E-state index in [1.165, 1.54) is 0 Å². The molecule has 1 aliphatic heterocycles. The van der Waals surface area contributed by atoms with Crippen molar-refractivity contribution in [3.8, 4) is 0 Å². The van der Waals surface area contributed by atoms with E-state index in [9.17, 15) is 8.42 Å². The van der Waals surface area contributed by atoms with Gasteiger partial charge in [0, 0.05) is 19.6 Å². The molecule has 5 nitrogen and oxygen atoms in total. The maximum Gasteiger partial charge on any atom is 0.241 e. The lowest BCUT2D eigenvalue weighted by Gasteiger charge is -2.31. The number of nitrogens with zero attached hydrogens (tertiary/aromatic N) is 1. The molecular formula is C21H28N2O3S. The van der Waals surface area contributed by atoms with E-state index in [0.29, 0.717) is 24.7 Å². The summed E-state index contributed by atoms with van der Waals surface area (Å²) in [5, 5.41) is 0. The highest BCUT2D eigenvalue weighted by atomic mass is 32.2. The minimum atomic E-state index is -3.60. The molecule has 0 unspecified atom stereocenters. The topological polar surface area (TPSA) is 58.6 Å². The molecule has 1 aliphatic rings. The summed E-state index contributed by atoms with van der Waals surface area (Å²) in [5.41, 5.74) is 2.12. The molecule has 27 heavy (non-hydrogen) atoms. The molecule has 0 aliphatic carbocycles. The Bertz CT molecular complexity index is 801. The average Bonchev–Trinajstić information content (AvgIpc) is 2.69. The Morgan fingerprint density at radius 2 is 1.70 bits per heavy atom. The fourth-order valence-corrected chi connectivity index (χ4v) is 4.53. The van der Waals surface area contributed by atoms with Crippen LogP contribution in [0.4, 0.5) is 0 Å². The Morgan fingerprint density at radius 1 is 1.04 bits per heavy atom. The fraction of sp³-hybridized carbons (Fsp3) is 0.429. The Balaban J connectivity index is 1.79. The zero-order valence-electron chi connectivity index (χ0n) is 15.8. The van der Waals surface area contributed by atoms with Crippen molar-refractivity contribution in [3.63, 3.8) is 0 Å². The third kappa shape index (κ3) is 5.62. The third-order valence-corrected chi connectivity index (χ3v) is 6.30. The summed E-state index contributed by atoms with van der Waals surface area (Å²) in [4.78, 5) is 2.55. The highest BCUT2D eigenvalue weighted by Gasteiger charge is 2.24. The van der Waals surface area contributed by atoms with Gasteiger partial charge in [-0.25, -0.2) is 13.1 Å². The van der Waals surface area contributed by atoms with Gasteiger partial charge in [0.05, 0.1) is 24.2 Å². The van der Waals surface area contributed by atoms with Gasteiger partial charge in [-0.3, -0.25) is 4.90 Å². The second kappa shape index (κ2) is 9.46. The highest BCUT2D eigenvalue weighted by Crippen LogP contribution is 2.20. The van der Waals surface area contributed by atoms with Crippen LogP contribution in [0, 0.1) is 0 Å². The first kappa shape index (κ1) is 20.0. The predicted octanol–water partition coefficient (Wildman–Crippen LogP) is 2.99. The van der Waals surface area contributed by atoms with Gasteiger partial charge in [-0.15, -0.1) is 0 Å². The Morgan fingerprint density at radius 3 is 2.33 bits per heavy atom. The van der Waals surface area contributed by atoms with E-state index in [2.05, 4.69) is 16.5 Å². The van der Waals surface area contributed by atoms with Crippen LogP contribution in [-0.2, 0) is 21.2 Å². The molecule has 0 radical (unpaired) electrons. The number of hydrogen-bond donors (Lipinski definition) is 1. The van der Waals surface area contributed by atoms with E-state index in [4.69, 9.17) is 4.74 Å². The lowest BCUT2D eigenvalue weighted by molar-refractivity contribution is 0.0345. The largest absolute Gasteiger partial charge is 0.379 e. The summed E-state index contributed by atoms with van der Waals surface area (Å²) in [6.07, 6.45) is 2.00. The lowest BCUT2D eigenvalue weighted by Crippen LogP contribution is -2.43. The van der Waals surface area contributed by atoms with E-state index >= 15 is 0 Å². The molecule has 2 aromatic rings. The van der Waals surface area contributed by atoms with Crippen molar-refractivity contribution in [1.82, 2.24) is 9.62 Å². The Kier molecular flexibility index (Phi) is 7.01. The molecule has 0 bridgehead atoms. The van der Waals surface area contributed by atoms with Crippen molar-refractivity contribution in [2.45, 2.75) is 30.7 Å². The van der Waals surface area contributed by atoms with Crippen molar-refractivity contribution in [2.75, 3.05) is 32.8 Å². The van der Waals surface area contributed by atoms with Gasteiger partial charge in [-0.1, -0.05) is 55.8 Å². The fourth-order valence-electron chi connectivity index (χ4n) is 3.32. The number of benzene rings is 2. The molecule has 146 valence electrons. The summed E-state index contributed by atoms with van der Waals surface area (Å²) >= 11 is 0. The number of hydrogen-bond acceptors (Lipinski definition) is 4. The quantitative estimate of drug-likeness (QED) is 0.755. The van der Waals surface area contributed by atoms with Crippen LogP contribution in [0.2, 0.25) is 0 Å². The molecule has 1 fully saturated rings. The van der Waals surface area contributed by atoms with Crippen LogP contribution in [0.1, 0.15) is 30.5 Å². The van der Waals surface area contributed by atoms with Gasteiger partial charge in [0.2, 0.25) is 10.0 Å². The van der Waals surface area contributed by atoms with Gasteiger partial charge in [0.25, 0.3) is 0 Å². The Labute approximate surface area is 162 Å². The highest BCUT2D eigenvalue weighted by molar-refractivity contribution is 7.89. The van der Waals surface area contributed by atoms with Crippen molar-refractivity contribution < 1.29 is 13.2 Å². The van der Waals surface area contributed by atoms with Gasteiger partial charge in [0.15, 0.2) is 0 Å². The molecule has 1 atom stereocenters. The summed E-state index contributed by atoms with van der Waals surface area (Å²) in [7, 11) is -3.60. The Hall–Kier alpha value is -1.73. The monoisotopic (exact) mass is 388 g/mol. The van der Waals surface area contributed by atoms with E-state index in [-0.39, 0.29) is 6.04 Å². The van der Waals surface area contributed by atoms with Crippen molar-refractivity contribution in [3.05, 3.63) is 65.7 Å². The van der Waals surface area contributed by atoms with Crippen LogP contribution in [0.25, 0.3) is 0 Å². The SMILES string of the molecule is CCCc1ccc(S(=O)(=O)N[C@@H](CN2CCOCC2)c2ccccc2)cc1. The van der Waals surface area contributed by atoms with Crippen molar-refractivity contribution >= 4 is 10.0 Å². The van der Waals surface area contributed by atoms with Gasteiger partial charge >= 0.3 is 0 Å². The van der Waals surface area contributed by atoms with Crippen LogP contribution >= 0.6 is 0 Å². The van der Waals surface area contributed by atoms with Crippen LogP contribution in [0.3, 0.4) is 0 Å². The number of nitrogens with one attached hydrogen (secondary N) is 1. The average molecular weight is 389 g/mol. The smallest absolute Gasteiger partial charge is 0.241 e. The van der Waals surface area contributed by atoms with Crippen molar-refractivity contribution in [1.29, 1.82) is 0 Å². The van der Waals surface area contributed by atoms with Gasteiger partial charge in [-0.2, -0.15) is 0 Å². The molecule has 6 heteroatoms. The standard InChI is InChI=1S/C21H28N2O3S/c1-2-6-18-9-11-20(12-10-18)27(24,25)22-21(19-7-4-3-5-8-19)17-23-13-15-26-16-14-23/h3-5,7-12,21-22H,2,6,13-17H2,1H3/t21-/m0/s1. The second-order valence-corrected chi connectivity index (χ2v) is 8.61. The van der Waals surface area contributed by atoms with Crippen LogP contribution in [-0.4, -0.2) is 46.2 Å². The first-order valence-electron chi connectivity index (χ1n) is 9.55. The molecule has 0 aromatic heterocycles. The minimum absolute atomic E-state index is 0.301. The maximum atomic E-state index is 13.0. The second-order valence-electron chi connectivity index (χ2n) is 6.89. The third-order valence-electron chi connectivity index (χ3n) is 4.82. The number of morpholine rings is 1. The van der Waals surface area contributed by atoms with Gasteiger partial charge < -0.3 is 4.74 Å². The van der Waals surface area contributed by atoms with Crippen LogP contribution in [0.15, 0.2) is 59.5 Å². The molecule has 3 rings (SSSR count). The van der Waals surface area contributed by atoms with E-state index in [1.807, 2.05) is 42.5 Å². The molecule has 0 spiro atoms. The summed E-state index contributed by atoms with van der Waals surface area (Å²) in [6.45, 7) is 5.75. The molecule has 1 heterocycles. The summed E-state index contributed by atoms with van der Waals surface area (Å²) in [5.74, 6) is 0. The number of rotatable bonds is 8. The molecule has 1 N–H and O–H groups in total. The molecular weight excluding hydrogens is 360 g/mol. The maximum absolute atomic E-state index is 13.0. The van der Waals surface area contributed by atoms with E-state index in [1.54, 1.807) is 12.1 Å². The van der Waals surface area contributed by atoms with Crippen molar-refractivity contribution in [2.24, 2.45) is 0 Å². The number of aryl methyl sites for hydroxylation is 1. The summed E-state index contributed by atoms with van der Waals surface area (Å²) in [6, 6.07) is 16.7. The molecule has 0 amide bonds. The number of ether oxygens (including phenoxy) is 1. The number of sulfonamides is 1. The molecule has 2 aromatic carbocycles. The predicted molar refractivity (Wildman–Crippen MR) is 107 cm³/mol. The van der Waals surface area contributed by atoms with E-state index < -0.39 is 10.0 Å². The minimum Gasteiger partial charge on any atom is -0.379 e. The first-order valence-corrected chi connectivity index (χ1v) is 11.0. The van der Waals surface area contributed by atoms with E-state index in [0.717, 1.165) is 37.1 Å². The van der Waals surface area contributed by atoms with Gasteiger partial charge in [0.1, 0.15) is 0 Å². The normalized spacial score (nSPS) is 16.9. The molecule has 1 saturated heterocycles. The lowest BCUT2D eigenvalue weighted by atomic mass is 10.1. The van der Waals surface area contributed by atoms with Crippen LogP contribution < -0.4 is 4.72 Å². The zero-order valence-corrected chi connectivity index (χ0v) is 16.6. The zero-order chi connectivity index (χ0) is 19.1. The first-order chi connectivity index (χ1) is 13.1. The van der Waals surface area contributed by atoms with Crippen LogP contribution in [0.5, 0.6) is 0 Å². The summed E-state index contributed by atoms with van der Waals surface area (Å²) < 4.78 is 34.3. The molecule has 0 saturated carbocycles. The van der Waals surface area contributed by atoms with Gasteiger partial charge in [-0.05, 0) is 29.7 Å².